The van der Waals surface area contributed by atoms with E-state index in [4.69, 9.17) is 0 Å². The number of imide groups is 1. The van der Waals surface area contributed by atoms with Crippen LogP contribution in [0.5, 0.6) is 0 Å². The Morgan fingerprint density at radius 2 is 1.85 bits per heavy atom. The highest BCUT2D eigenvalue weighted by Gasteiger charge is 2.47. The number of para-hydroxylation sites is 1. The molecule has 3 amide bonds. The number of carbonyl (C=O) groups is 2. The molecule has 0 aliphatic carbocycles. The Bertz CT molecular complexity index is 1020. The van der Waals surface area contributed by atoms with Gasteiger partial charge in [0.15, 0.2) is 6.04 Å². The maximum Gasteiger partial charge on any atom is 0.329 e. The molecule has 1 fully saturated rings. The lowest BCUT2D eigenvalue weighted by Crippen LogP contribution is -2.35. The smallest absolute Gasteiger partial charge is 0.308 e. The predicted octanol–water partition coefficient (Wildman–Crippen LogP) is 3.71. The third-order valence-corrected chi connectivity index (χ3v) is 5.72. The summed E-state index contributed by atoms with van der Waals surface area (Å²) in [6, 6.07) is 17.0. The zero-order valence-electron chi connectivity index (χ0n) is 14.6. The van der Waals surface area contributed by atoms with Crippen molar-refractivity contribution in [1.82, 2.24) is 14.8 Å². The van der Waals surface area contributed by atoms with E-state index in [2.05, 4.69) is 11.1 Å². The highest BCUT2D eigenvalue weighted by Crippen LogP contribution is 2.33. The van der Waals surface area contributed by atoms with Gasteiger partial charge in [0.25, 0.3) is 5.91 Å². The molecule has 0 radical (unpaired) electrons. The summed E-state index contributed by atoms with van der Waals surface area (Å²) in [6.45, 7) is 2.01. The highest BCUT2D eigenvalue weighted by atomic mass is 32.1. The molecule has 6 nitrogen and oxygen atoms in total. The topological polar surface area (TPSA) is 77.3 Å². The molecule has 7 heteroatoms. The van der Waals surface area contributed by atoms with Crippen LogP contribution in [0.3, 0.4) is 0 Å². The van der Waals surface area contributed by atoms with Crippen LogP contribution in [0.4, 0.5) is 4.79 Å². The second-order valence-corrected chi connectivity index (χ2v) is 7.39. The standard InChI is InChI=1S/C20H16N4O2S/c1-13-19(25)24(20(26)23(13)12-14-7-3-2-4-8-14)16(11-21)18-22-15-9-5-6-10-17(15)27-18/h2-10,13,16H,12H2,1H3. The van der Waals surface area contributed by atoms with Gasteiger partial charge in [0.05, 0.1) is 16.3 Å². The number of nitrogens with zero attached hydrogens (tertiary/aromatic N) is 4. The van der Waals surface area contributed by atoms with Crippen LogP contribution >= 0.6 is 11.3 Å². The van der Waals surface area contributed by atoms with Crippen LogP contribution in [0.25, 0.3) is 10.2 Å². The van der Waals surface area contributed by atoms with E-state index in [0.29, 0.717) is 11.6 Å². The van der Waals surface area contributed by atoms with Crippen molar-refractivity contribution in [2.45, 2.75) is 25.6 Å². The maximum absolute atomic E-state index is 13.0. The van der Waals surface area contributed by atoms with E-state index in [-0.39, 0.29) is 5.91 Å². The molecule has 2 atom stereocenters. The molecule has 2 heterocycles. The first-order valence-corrected chi connectivity index (χ1v) is 9.34. The number of amides is 3. The molecule has 134 valence electrons. The van der Waals surface area contributed by atoms with Gasteiger partial charge in [-0.3, -0.25) is 4.79 Å². The SMILES string of the molecule is CC1C(=O)N(C(C#N)c2nc3ccccc3s2)C(=O)N1Cc1ccccc1. The van der Waals surface area contributed by atoms with Crippen LogP contribution in [0.2, 0.25) is 0 Å². The van der Waals surface area contributed by atoms with Crippen molar-refractivity contribution in [3.05, 3.63) is 65.2 Å². The van der Waals surface area contributed by atoms with Gasteiger partial charge in [0, 0.05) is 6.54 Å². The van der Waals surface area contributed by atoms with Crippen molar-refractivity contribution < 1.29 is 9.59 Å². The van der Waals surface area contributed by atoms with E-state index in [1.165, 1.54) is 16.2 Å². The molecular weight excluding hydrogens is 360 g/mol. The number of hydrogen-bond acceptors (Lipinski definition) is 5. The molecule has 3 aromatic rings. The molecule has 27 heavy (non-hydrogen) atoms. The number of aromatic nitrogens is 1. The monoisotopic (exact) mass is 376 g/mol. The fraction of sp³-hybridized carbons (Fsp3) is 0.200. The first kappa shape index (κ1) is 17.2. The van der Waals surface area contributed by atoms with Gasteiger partial charge in [-0.05, 0) is 24.6 Å². The van der Waals surface area contributed by atoms with Gasteiger partial charge in [-0.2, -0.15) is 5.26 Å². The Labute approximate surface area is 160 Å². The second-order valence-electron chi connectivity index (χ2n) is 6.33. The summed E-state index contributed by atoms with van der Waals surface area (Å²) in [5, 5.41) is 10.2. The minimum Gasteiger partial charge on any atom is -0.308 e. The molecule has 0 spiro atoms. The second kappa shape index (κ2) is 6.82. The van der Waals surface area contributed by atoms with Crippen LogP contribution in [-0.4, -0.2) is 32.8 Å². The number of carbonyl (C=O) groups excluding carboxylic acids is 2. The van der Waals surface area contributed by atoms with Gasteiger partial charge in [-0.1, -0.05) is 42.5 Å². The van der Waals surface area contributed by atoms with Crippen LogP contribution < -0.4 is 0 Å². The fourth-order valence-electron chi connectivity index (χ4n) is 3.19. The van der Waals surface area contributed by atoms with Gasteiger partial charge in [0.1, 0.15) is 11.0 Å². The first-order valence-electron chi connectivity index (χ1n) is 8.53. The lowest BCUT2D eigenvalue weighted by atomic mass is 10.2. The zero-order chi connectivity index (χ0) is 19.0. The number of benzene rings is 2. The molecule has 2 aromatic carbocycles. The van der Waals surface area contributed by atoms with Gasteiger partial charge in [-0.25, -0.2) is 14.7 Å². The van der Waals surface area contributed by atoms with Crippen molar-refractivity contribution in [2.75, 3.05) is 0 Å². The minimum atomic E-state index is -1.02. The fourth-order valence-corrected chi connectivity index (χ4v) is 4.19. The Morgan fingerprint density at radius 3 is 2.56 bits per heavy atom. The Balaban J connectivity index is 1.66. The molecule has 0 bridgehead atoms. The van der Waals surface area contributed by atoms with Crippen molar-refractivity contribution in [3.63, 3.8) is 0 Å². The third-order valence-electron chi connectivity index (χ3n) is 4.63. The molecule has 1 aliphatic heterocycles. The van der Waals surface area contributed by atoms with Gasteiger partial charge in [0.2, 0.25) is 0 Å². The molecule has 0 N–H and O–H groups in total. The highest BCUT2D eigenvalue weighted by molar-refractivity contribution is 7.18. The normalized spacial score (nSPS) is 18.1. The Kier molecular flexibility index (Phi) is 4.34. The number of urea groups is 1. The molecule has 2 unspecified atom stereocenters. The van der Waals surface area contributed by atoms with E-state index < -0.39 is 18.1 Å². The number of thiazole rings is 1. The van der Waals surface area contributed by atoms with E-state index in [1.54, 1.807) is 6.92 Å². The lowest BCUT2D eigenvalue weighted by molar-refractivity contribution is -0.128. The minimum absolute atomic E-state index is 0.321. The van der Waals surface area contributed by atoms with Gasteiger partial charge in [-0.15, -0.1) is 11.3 Å². The number of fused-ring (bicyclic) bond motifs is 1. The van der Waals surface area contributed by atoms with Crippen molar-refractivity contribution >= 4 is 33.5 Å². The average Bonchev–Trinajstić information content (AvgIpc) is 3.20. The van der Waals surface area contributed by atoms with E-state index in [1.807, 2.05) is 54.6 Å². The van der Waals surface area contributed by atoms with Crippen LogP contribution in [0, 0.1) is 11.3 Å². The predicted molar refractivity (Wildman–Crippen MR) is 102 cm³/mol. The van der Waals surface area contributed by atoms with E-state index in [9.17, 15) is 14.9 Å². The summed E-state index contributed by atoms with van der Waals surface area (Å²) in [6.07, 6.45) is 0. The summed E-state index contributed by atoms with van der Waals surface area (Å²) < 4.78 is 0.918. The summed E-state index contributed by atoms with van der Waals surface area (Å²) in [7, 11) is 0. The summed E-state index contributed by atoms with van der Waals surface area (Å²) in [4.78, 5) is 32.8. The van der Waals surface area contributed by atoms with Gasteiger partial charge < -0.3 is 4.90 Å². The summed E-state index contributed by atoms with van der Waals surface area (Å²) in [5.74, 6) is -0.373. The number of hydrogen-bond donors (Lipinski definition) is 0. The quantitative estimate of drug-likeness (QED) is 0.650. The Morgan fingerprint density at radius 1 is 1.15 bits per heavy atom. The Hall–Kier alpha value is -3.24. The largest absolute Gasteiger partial charge is 0.329 e. The summed E-state index contributed by atoms with van der Waals surface area (Å²) in [5.41, 5.74) is 1.69. The van der Waals surface area contributed by atoms with E-state index >= 15 is 0 Å². The van der Waals surface area contributed by atoms with Crippen LogP contribution in [0.1, 0.15) is 23.5 Å². The van der Waals surface area contributed by atoms with Crippen molar-refractivity contribution in [1.29, 1.82) is 5.26 Å². The average molecular weight is 376 g/mol. The number of rotatable bonds is 4. The van der Waals surface area contributed by atoms with Crippen molar-refractivity contribution in [3.8, 4) is 6.07 Å². The molecule has 4 rings (SSSR count). The molecular formula is C20H16N4O2S. The lowest BCUT2D eigenvalue weighted by Gasteiger charge is -2.20. The zero-order valence-corrected chi connectivity index (χ0v) is 15.4. The number of nitriles is 1. The van der Waals surface area contributed by atoms with Crippen LogP contribution in [-0.2, 0) is 11.3 Å². The first-order chi connectivity index (χ1) is 13.1. The third kappa shape index (κ3) is 2.94. The molecule has 1 saturated heterocycles. The van der Waals surface area contributed by atoms with E-state index in [0.717, 1.165) is 20.7 Å². The molecule has 1 aliphatic rings. The van der Waals surface area contributed by atoms with Gasteiger partial charge >= 0.3 is 6.03 Å². The maximum atomic E-state index is 13.0. The molecule has 1 aromatic heterocycles. The summed E-state index contributed by atoms with van der Waals surface area (Å²) >= 11 is 1.33. The van der Waals surface area contributed by atoms with Crippen LogP contribution in [0.15, 0.2) is 54.6 Å². The molecule has 0 saturated carbocycles. The van der Waals surface area contributed by atoms with Crippen molar-refractivity contribution in [2.24, 2.45) is 0 Å².